The molecule has 12 heavy (non-hydrogen) atoms. The van der Waals surface area contributed by atoms with Crippen LogP contribution in [0, 0.1) is 0 Å². The predicted octanol–water partition coefficient (Wildman–Crippen LogP) is 2.20. The molecule has 0 bridgehead atoms. The van der Waals surface area contributed by atoms with E-state index in [0.717, 1.165) is 4.88 Å². The van der Waals surface area contributed by atoms with Crippen molar-refractivity contribution in [1.29, 1.82) is 0 Å². The maximum atomic E-state index is 11.3. The van der Waals surface area contributed by atoms with E-state index in [4.69, 9.17) is 4.74 Å². The lowest BCUT2D eigenvalue weighted by Gasteiger charge is -2.19. The molecule has 1 aromatic heterocycles. The molecule has 66 valence electrons. The van der Waals surface area contributed by atoms with Gasteiger partial charge < -0.3 is 4.74 Å². The second-order valence-corrected chi connectivity index (χ2v) is 4.04. The van der Waals surface area contributed by atoms with Crippen LogP contribution >= 0.6 is 11.3 Å². The number of hydrogen-bond acceptors (Lipinski definition) is 3. The predicted molar refractivity (Wildman–Crippen MR) is 49.4 cm³/mol. The van der Waals surface area contributed by atoms with E-state index in [1.54, 1.807) is 11.3 Å². The zero-order valence-electron chi connectivity index (χ0n) is 7.46. The molecule has 0 aliphatic rings. The fraction of sp³-hybridized carbons (Fsp3) is 0.444. The highest BCUT2D eigenvalue weighted by molar-refractivity contribution is 7.10. The first kappa shape index (κ1) is 9.26. The van der Waals surface area contributed by atoms with Crippen LogP contribution in [0.5, 0.6) is 0 Å². The molecule has 0 aromatic carbocycles. The van der Waals surface area contributed by atoms with Crippen LogP contribution in [0.3, 0.4) is 0 Å². The second-order valence-electron chi connectivity index (χ2n) is 3.09. The van der Waals surface area contributed by atoms with Crippen LogP contribution in [-0.2, 0) is 14.9 Å². The van der Waals surface area contributed by atoms with E-state index in [9.17, 15) is 4.79 Å². The van der Waals surface area contributed by atoms with Gasteiger partial charge in [0.15, 0.2) is 0 Å². The molecule has 0 spiro atoms. The van der Waals surface area contributed by atoms with Gasteiger partial charge in [0.25, 0.3) is 0 Å². The molecule has 0 atom stereocenters. The fourth-order valence-electron chi connectivity index (χ4n) is 0.990. The van der Waals surface area contributed by atoms with Crippen molar-refractivity contribution in [2.75, 3.05) is 7.11 Å². The molecule has 0 radical (unpaired) electrons. The average molecular weight is 184 g/mol. The van der Waals surface area contributed by atoms with Gasteiger partial charge in [-0.1, -0.05) is 6.07 Å². The number of ether oxygens (including phenoxy) is 1. The summed E-state index contributed by atoms with van der Waals surface area (Å²) in [4.78, 5) is 12.4. The number of carbonyl (C=O) groups excluding carboxylic acids is 1. The summed E-state index contributed by atoms with van der Waals surface area (Å²) in [6, 6.07) is 3.88. The lowest BCUT2D eigenvalue weighted by Crippen LogP contribution is -2.29. The van der Waals surface area contributed by atoms with E-state index in [1.807, 2.05) is 31.4 Å². The van der Waals surface area contributed by atoms with Crippen molar-refractivity contribution >= 4 is 17.3 Å². The maximum Gasteiger partial charge on any atom is 0.316 e. The summed E-state index contributed by atoms with van der Waals surface area (Å²) < 4.78 is 4.71. The van der Waals surface area contributed by atoms with E-state index in [1.165, 1.54) is 7.11 Å². The van der Waals surface area contributed by atoms with Crippen LogP contribution in [0.2, 0.25) is 0 Å². The van der Waals surface area contributed by atoms with Crippen molar-refractivity contribution in [3.8, 4) is 0 Å². The first-order chi connectivity index (χ1) is 5.59. The van der Waals surface area contributed by atoms with Gasteiger partial charge in [0.05, 0.1) is 12.5 Å². The molecule has 0 N–H and O–H groups in total. The third-order valence-electron chi connectivity index (χ3n) is 1.83. The summed E-state index contributed by atoms with van der Waals surface area (Å²) in [5.41, 5.74) is -0.511. The van der Waals surface area contributed by atoms with Crippen LogP contribution in [0.1, 0.15) is 18.7 Å². The summed E-state index contributed by atoms with van der Waals surface area (Å²) in [5, 5.41) is 1.96. The van der Waals surface area contributed by atoms with Crippen LogP contribution in [0.15, 0.2) is 17.5 Å². The van der Waals surface area contributed by atoms with Gasteiger partial charge >= 0.3 is 5.97 Å². The monoisotopic (exact) mass is 184 g/mol. The Morgan fingerprint density at radius 1 is 1.58 bits per heavy atom. The molecule has 0 saturated carbocycles. The van der Waals surface area contributed by atoms with E-state index in [2.05, 4.69) is 0 Å². The first-order valence-corrected chi connectivity index (χ1v) is 4.59. The smallest absolute Gasteiger partial charge is 0.316 e. The Balaban J connectivity index is 2.93. The van der Waals surface area contributed by atoms with Crippen LogP contribution in [0.25, 0.3) is 0 Å². The Bertz CT molecular complexity index is 262. The van der Waals surface area contributed by atoms with Crippen LogP contribution in [0.4, 0.5) is 0 Å². The molecule has 0 saturated heterocycles. The average Bonchev–Trinajstić information content (AvgIpc) is 2.55. The molecule has 0 aliphatic heterocycles. The van der Waals surface area contributed by atoms with E-state index >= 15 is 0 Å². The summed E-state index contributed by atoms with van der Waals surface area (Å²) >= 11 is 1.57. The number of thiophene rings is 1. The molecule has 0 amide bonds. The van der Waals surface area contributed by atoms with Crippen molar-refractivity contribution in [3.05, 3.63) is 22.4 Å². The Hall–Kier alpha value is -0.830. The highest BCUT2D eigenvalue weighted by Gasteiger charge is 2.31. The lowest BCUT2D eigenvalue weighted by molar-refractivity contribution is -0.146. The summed E-state index contributed by atoms with van der Waals surface area (Å²) in [6.07, 6.45) is 0. The third-order valence-corrected chi connectivity index (χ3v) is 3.03. The Kier molecular flexibility index (Phi) is 2.52. The van der Waals surface area contributed by atoms with Gasteiger partial charge in [-0.3, -0.25) is 4.79 Å². The van der Waals surface area contributed by atoms with E-state index in [-0.39, 0.29) is 5.97 Å². The molecule has 0 aliphatic carbocycles. The van der Waals surface area contributed by atoms with E-state index in [0.29, 0.717) is 0 Å². The number of esters is 1. The minimum atomic E-state index is -0.511. The van der Waals surface area contributed by atoms with Crippen molar-refractivity contribution in [1.82, 2.24) is 0 Å². The summed E-state index contributed by atoms with van der Waals surface area (Å²) in [5.74, 6) is -0.190. The van der Waals surface area contributed by atoms with Gasteiger partial charge in [0.2, 0.25) is 0 Å². The van der Waals surface area contributed by atoms with Crippen molar-refractivity contribution < 1.29 is 9.53 Å². The largest absolute Gasteiger partial charge is 0.468 e. The zero-order valence-corrected chi connectivity index (χ0v) is 8.27. The highest BCUT2D eigenvalue weighted by atomic mass is 32.1. The van der Waals surface area contributed by atoms with Gasteiger partial charge in [-0.2, -0.15) is 0 Å². The van der Waals surface area contributed by atoms with Crippen LogP contribution in [-0.4, -0.2) is 13.1 Å². The lowest BCUT2D eigenvalue weighted by atomic mass is 9.92. The number of carbonyl (C=O) groups is 1. The second kappa shape index (κ2) is 3.27. The number of rotatable bonds is 2. The highest BCUT2D eigenvalue weighted by Crippen LogP contribution is 2.28. The molecule has 2 nitrogen and oxygen atoms in total. The molecule has 0 fully saturated rings. The molecular weight excluding hydrogens is 172 g/mol. The fourth-order valence-corrected chi connectivity index (χ4v) is 1.83. The number of hydrogen-bond donors (Lipinski definition) is 0. The van der Waals surface area contributed by atoms with Gasteiger partial charge in [-0.15, -0.1) is 11.3 Å². The topological polar surface area (TPSA) is 26.3 Å². The molecular formula is C9H12O2S. The molecule has 1 aromatic rings. The quantitative estimate of drug-likeness (QED) is 0.659. The minimum absolute atomic E-state index is 0.190. The van der Waals surface area contributed by atoms with Crippen molar-refractivity contribution in [2.24, 2.45) is 0 Å². The first-order valence-electron chi connectivity index (χ1n) is 3.71. The van der Waals surface area contributed by atoms with Gasteiger partial charge in [0, 0.05) is 4.88 Å². The standard InChI is InChI=1S/C9H12O2S/c1-9(2,8(10)11-3)7-5-4-6-12-7/h4-6H,1-3H3. The molecule has 3 heteroatoms. The normalized spacial score (nSPS) is 11.2. The maximum absolute atomic E-state index is 11.3. The molecule has 1 rings (SSSR count). The Morgan fingerprint density at radius 2 is 2.25 bits per heavy atom. The molecule has 0 unspecified atom stereocenters. The van der Waals surface area contributed by atoms with Gasteiger partial charge in [-0.05, 0) is 25.3 Å². The van der Waals surface area contributed by atoms with E-state index < -0.39 is 5.41 Å². The van der Waals surface area contributed by atoms with Gasteiger partial charge in [0.1, 0.15) is 0 Å². The van der Waals surface area contributed by atoms with Crippen molar-refractivity contribution in [2.45, 2.75) is 19.3 Å². The Labute approximate surface area is 76.2 Å². The summed E-state index contributed by atoms with van der Waals surface area (Å²) in [6.45, 7) is 3.73. The third kappa shape index (κ3) is 1.50. The number of methoxy groups -OCH3 is 1. The Morgan fingerprint density at radius 3 is 2.67 bits per heavy atom. The minimum Gasteiger partial charge on any atom is -0.468 e. The SMILES string of the molecule is COC(=O)C(C)(C)c1cccs1. The summed E-state index contributed by atoms with van der Waals surface area (Å²) in [7, 11) is 1.41. The van der Waals surface area contributed by atoms with Crippen molar-refractivity contribution in [3.63, 3.8) is 0 Å². The van der Waals surface area contributed by atoms with Gasteiger partial charge in [-0.25, -0.2) is 0 Å². The zero-order chi connectivity index (χ0) is 9.19. The van der Waals surface area contributed by atoms with Crippen LogP contribution < -0.4 is 0 Å². The molecule has 1 heterocycles.